The van der Waals surface area contributed by atoms with Crippen LogP contribution in [0.5, 0.6) is 0 Å². The maximum Gasteiger partial charge on any atom is 0.453 e. The molecular weight excluding hydrogens is 255 g/mol. The number of nitrogens with zero attached hydrogens (tertiary/aromatic N) is 3. The third-order valence-electron chi connectivity index (χ3n) is 2.41. The number of fused-ring (bicyclic) bond motifs is 1. The number of pyridine rings is 1. The minimum atomic E-state index is -4.53. The van der Waals surface area contributed by atoms with E-state index in [1.165, 1.54) is 10.6 Å². The third-order valence-corrected chi connectivity index (χ3v) is 2.60. The zero-order valence-corrected chi connectivity index (χ0v) is 9.68. The van der Waals surface area contributed by atoms with E-state index in [1.807, 2.05) is 0 Å². The fourth-order valence-corrected chi connectivity index (χ4v) is 1.79. The minimum Gasteiger partial charge on any atom is -0.217 e. The lowest BCUT2D eigenvalue weighted by molar-refractivity contribution is -0.144. The molecule has 0 atom stereocenters. The van der Waals surface area contributed by atoms with Gasteiger partial charge in [0.2, 0.25) is 0 Å². The Morgan fingerprint density at radius 2 is 2.06 bits per heavy atom. The van der Waals surface area contributed by atoms with E-state index in [1.54, 1.807) is 13.0 Å². The van der Waals surface area contributed by atoms with Crippen LogP contribution < -0.4 is 0 Å². The van der Waals surface area contributed by atoms with Gasteiger partial charge in [0.25, 0.3) is 5.82 Å². The molecule has 2 rings (SSSR count). The molecule has 0 bridgehead atoms. The lowest BCUT2D eigenvalue weighted by Gasteiger charge is -2.05. The number of hydrogen-bond acceptors (Lipinski definition) is 2. The summed E-state index contributed by atoms with van der Waals surface area (Å²) in [5.41, 5.74) is 1.68. The Morgan fingerprint density at radius 3 is 2.65 bits per heavy atom. The first kappa shape index (κ1) is 12.2. The highest BCUT2D eigenvalue weighted by atomic mass is 35.5. The summed E-state index contributed by atoms with van der Waals surface area (Å²) in [6.45, 7) is 1.80. The lowest BCUT2D eigenvalue weighted by atomic mass is 10.2. The molecule has 0 amide bonds. The summed E-state index contributed by atoms with van der Waals surface area (Å²) in [4.78, 5) is 3.45. The molecule has 92 valence electrons. The lowest BCUT2D eigenvalue weighted by Crippen LogP contribution is -2.08. The average molecular weight is 264 g/mol. The first-order valence-corrected chi connectivity index (χ1v) is 5.45. The first-order chi connectivity index (χ1) is 7.93. The predicted octanol–water partition coefficient (Wildman–Crippen LogP) is 2.84. The Hall–Kier alpha value is -1.30. The molecule has 0 aliphatic carbocycles. The van der Waals surface area contributed by atoms with E-state index in [-0.39, 0.29) is 5.65 Å². The topological polar surface area (TPSA) is 30.2 Å². The van der Waals surface area contributed by atoms with E-state index in [0.29, 0.717) is 18.0 Å². The molecule has 0 aromatic carbocycles. The molecule has 2 heterocycles. The second kappa shape index (κ2) is 4.18. The van der Waals surface area contributed by atoms with Crippen molar-refractivity contribution in [3.05, 3.63) is 29.2 Å². The van der Waals surface area contributed by atoms with E-state index < -0.39 is 12.0 Å². The van der Waals surface area contributed by atoms with Gasteiger partial charge in [-0.2, -0.15) is 13.2 Å². The molecule has 0 unspecified atom stereocenters. The van der Waals surface area contributed by atoms with Crippen LogP contribution in [-0.4, -0.2) is 20.5 Å². The monoisotopic (exact) mass is 263 g/mol. The molecule has 0 fully saturated rings. The van der Waals surface area contributed by atoms with Crippen LogP contribution in [0.25, 0.3) is 5.65 Å². The number of aromatic nitrogens is 3. The summed E-state index contributed by atoms with van der Waals surface area (Å²) in [6.07, 6.45) is -4.08. The summed E-state index contributed by atoms with van der Waals surface area (Å²) in [5, 5.41) is 3.49. The van der Waals surface area contributed by atoms with Gasteiger partial charge >= 0.3 is 6.18 Å². The molecule has 0 saturated heterocycles. The number of aryl methyl sites for hydroxylation is 2. The minimum absolute atomic E-state index is 0.183. The number of halogens is 4. The van der Waals surface area contributed by atoms with E-state index in [9.17, 15) is 13.2 Å². The maximum atomic E-state index is 12.5. The van der Waals surface area contributed by atoms with Crippen molar-refractivity contribution >= 4 is 17.2 Å². The predicted molar refractivity (Wildman–Crippen MR) is 57.2 cm³/mol. The third kappa shape index (κ3) is 2.22. The Bertz CT molecular complexity index is 547. The van der Waals surface area contributed by atoms with Crippen molar-refractivity contribution in [1.82, 2.24) is 14.6 Å². The fourth-order valence-electron chi connectivity index (χ4n) is 1.61. The van der Waals surface area contributed by atoms with Gasteiger partial charge in [-0.3, -0.25) is 0 Å². The molecule has 0 N–H and O–H groups in total. The normalized spacial score (nSPS) is 12.3. The van der Waals surface area contributed by atoms with Crippen molar-refractivity contribution in [2.24, 2.45) is 0 Å². The summed E-state index contributed by atoms with van der Waals surface area (Å²) >= 11 is 5.62. The van der Waals surface area contributed by atoms with Gasteiger partial charge in [-0.1, -0.05) is 6.07 Å². The van der Waals surface area contributed by atoms with Crippen LogP contribution >= 0.6 is 11.6 Å². The molecule has 7 heteroatoms. The molecule has 0 saturated carbocycles. The highest BCUT2D eigenvalue weighted by Crippen LogP contribution is 2.27. The van der Waals surface area contributed by atoms with Gasteiger partial charge in [0.15, 0.2) is 5.65 Å². The summed E-state index contributed by atoms with van der Waals surface area (Å²) in [7, 11) is 0. The Balaban J connectivity index is 2.64. The van der Waals surface area contributed by atoms with Gasteiger partial charge in [-0.05, 0) is 18.6 Å². The van der Waals surface area contributed by atoms with Crippen LogP contribution in [0.15, 0.2) is 12.1 Å². The molecule has 17 heavy (non-hydrogen) atoms. The molecule has 0 spiro atoms. The average Bonchev–Trinajstić information content (AvgIpc) is 2.66. The van der Waals surface area contributed by atoms with Crippen LogP contribution in [0.2, 0.25) is 0 Å². The van der Waals surface area contributed by atoms with Crippen LogP contribution in [0.4, 0.5) is 13.2 Å². The summed E-state index contributed by atoms with van der Waals surface area (Å²) in [5.74, 6) is -0.805. The molecule has 2 aromatic heterocycles. The summed E-state index contributed by atoms with van der Waals surface area (Å²) < 4.78 is 38.6. The molecule has 0 aliphatic rings. The van der Waals surface area contributed by atoms with Gasteiger partial charge in [-0.25, -0.2) is 9.50 Å². The number of hydrogen-bond donors (Lipinski definition) is 0. The van der Waals surface area contributed by atoms with Gasteiger partial charge in [0.05, 0.1) is 0 Å². The van der Waals surface area contributed by atoms with Crippen molar-refractivity contribution in [3.63, 3.8) is 0 Å². The van der Waals surface area contributed by atoms with E-state index in [4.69, 9.17) is 11.6 Å². The van der Waals surface area contributed by atoms with Gasteiger partial charge in [0, 0.05) is 18.0 Å². The standard InChI is InChI=1S/C10H9ClF3N3/c1-6-2-3-8-15-9(10(12,13)14)16-17(8)7(6)4-5-11/h2-3H,4-5H2,1H3. The maximum absolute atomic E-state index is 12.5. The Labute approximate surface area is 100 Å². The fraction of sp³-hybridized carbons (Fsp3) is 0.400. The summed E-state index contributed by atoms with van der Waals surface area (Å²) in [6, 6.07) is 3.22. The van der Waals surface area contributed by atoms with Crippen LogP contribution in [0.3, 0.4) is 0 Å². The van der Waals surface area contributed by atoms with E-state index in [2.05, 4.69) is 10.1 Å². The van der Waals surface area contributed by atoms with Crippen molar-refractivity contribution in [2.75, 3.05) is 5.88 Å². The Morgan fingerprint density at radius 1 is 1.35 bits per heavy atom. The SMILES string of the molecule is Cc1ccc2nc(C(F)(F)F)nn2c1CCCl. The van der Waals surface area contributed by atoms with Crippen LogP contribution in [0.1, 0.15) is 17.1 Å². The number of alkyl halides is 4. The quantitative estimate of drug-likeness (QED) is 0.780. The van der Waals surface area contributed by atoms with Gasteiger partial charge in [0.1, 0.15) is 0 Å². The highest BCUT2D eigenvalue weighted by molar-refractivity contribution is 6.17. The smallest absolute Gasteiger partial charge is 0.217 e. The second-order valence-electron chi connectivity index (χ2n) is 3.61. The number of rotatable bonds is 2. The molecule has 2 aromatic rings. The van der Waals surface area contributed by atoms with Crippen molar-refractivity contribution < 1.29 is 13.2 Å². The first-order valence-electron chi connectivity index (χ1n) is 4.92. The van der Waals surface area contributed by atoms with Gasteiger partial charge < -0.3 is 0 Å². The van der Waals surface area contributed by atoms with E-state index in [0.717, 1.165) is 5.56 Å². The van der Waals surface area contributed by atoms with Crippen LogP contribution in [-0.2, 0) is 12.6 Å². The van der Waals surface area contributed by atoms with Crippen molar-refractivity contribution in [3.8, 4) is 0 Å². The zero-order chi connectivity index (χ0) is 12.6. The highest BCUT2D eigenvalue weighted by Gasteiger charge is 2.36. The molecular formula is C10H9ClF3N3. The van der Waals surface area contributed by atoms with Crippen molar-refractivity contribution in [2.45, 2.75) is 19.5 Å². The Kier molecular flexibility index (Phi) is 2.99. The molecule has 0 aliphatic heterocycles. The van der Waals surface area contributed by atoms with Gasteiger partial charge in [-0.15, -0.1) is 16.7 Å². The van der Waals surface area contributed by atoms with Crippen LogP contribution in [0, 0.1) is 6.92 Å². The second-order valence-corrected chi connectivity index (χ2v) is 3.98. The molecule has 0 radical (unpaired) electrons. The van der Waals surface area contributed by atoms with E-state index >= 15 is 0 Å². The molecule has 3 nitrogen and oxygen atoms in total. The van der Waals surface area contributed by atoms with Crippen molar-refractivity contribution in [1.29, 1.82) is 0 Å². The zero-order valence-electron chi connectivity index (χ0n) is 8.92. The largest absolute Gasteiger partial charge is 0.453 e.